The molecule has 0 aliphatic carbocycles. The fourth-order valence-electron chi connectivity index (χ4n) is 1.65. The predicted octanol–water partition coefficient (Wildman–Crippen LogP) is 3.15. The third-order valence-corrected chi connectivity index (χ3v) is 2.62. The van der Waals surface area contributed by atoms with Crippen molar-refractivity contribution in [2.24, 2.45) is 0 Å². The molecule has 0 aliphatic rings. The monoisotopic (exact) mass is 272 g/mol. The molecule has 1 aromatic carbocycles. The molecule has 0 saturated carbocycles. The number of rotatable bonds is 7. The smallest absolute Gasteiger partial charge is 0.321 e. The number of anilines is 1. The number of ether oxygens (including phenoxy) is 1. The summed E-state index contributed by atoms with van der Waals surface area (Å²) in [5.74, 6) is 1.19. The van der Waals surface area contributed by atoms with Crippen LogP contribution in [0, 0.1) is 0 Å². The summed E-state index contributed by atoms with van der Waals surface area (Å²) in [6.07, 6.45) is 1.93. The van der Waals surface area contributed by atoms with Gasteiger partial charge in [0, 0.05) is 12.1 Å². The summed E-state index contributed by atoms with van der Waals surface area (Å²) in [5.41, 5.74) is 0.954. The quantitative estimate of drug-likeness (QED) is 0.839. The van der Waals surface area contributed by atoms with E-state index in [1.807, 2.05) is 30.3 Å². The maximum absolute atomic E-state index is 5.54. The number of aromatic nitrogens is 3. The van der Waals surface area contributed by atoms with Crippen LogP contribution in [0.2, 0.25) is 0 Å². The van der Waals surface area contributed by atoms with Crippen LogP contribution in [0.3, 0.4) is 0 Å². The highest BCUT2D eigenvalue weighted by Gasteiger charge is 2.08. The zero-order chi connectivity index (χ0) is 14.2. The van der Waals surface area contributed by atoms with Gasteiger partial charge in [0.15, 0.2) is 5.82 Å². The average Bonchev–Trinajstić information content (AvgIpc) is 2.51. The number of hydrogen-bond acceptors (Lipinski definition) is 5. The molecule has 0 spiro atoms. The second kappa shape index (κ2) is 7.43. The van der Waals surface area contributed by atoms with Crippen molar-refractivity contribution < 1.29 is 4.74 Å². The lowest BCUT2D eigenvalue weighted by Gasteiger charge is -2.08. The lowest BCUT2D eigenvalue weighted by atomic mass is 10.2. The molecule has 0 aliphatic heterocycles. The van der Waals surface area contributed by atoms with E-state index in [1.54, 1.807) is 0 Å². The van der Waals surface area contributed by atoms with Gasteiger partial charge in [-0.25, -0.2) is 0 Å². The maximum atomic E-state index is 5.54. The van der Waals surface area contributed by atoms with Gasteiger partial charge in [-0.1, -0.05) is 44.2 Å². The van der Waals surface area contributed by atoms with Crippen LogP contribution in [0.15, 0.2) is 30.3 Å². The minimum Gasteiger partial charge on any atom is -0.463 e. The zero-order valence-corrected chi connectivity index (χ0v) is 12.0. The Labute approximate surface area is 119 Å². The first kappa shape index (κ1) is 14.2. The van der Waals surface area contributed by atoms with Crippen LogP contribution in [0.5, 0.6) is 6.01 Å². The lowest BCUT2D eigenvalue weighted by Crippen LogP contribution is -2.09. The fourth-order valence-corrected chi connectivity index (χ4v) is 1.65. The minimum absolute atomic E-state index is 0.374. The Morgan fingerprint density at radius 2 is 1.80 bits per heavy atom. The molecule has 0 radical (unpaired) electrons. The predicted molar refractivity (Wildman–Crippen MR) is 79.8 cm³/mol. The molecule has 2 rings (SSSR count). The van der Waals surface area contributed by atoms with Crippen molar-refractivity contribution in [2.75, 3.05) is 18.5 Å². The van der Waals surface area contributed by atoms with E-state index >= 15 is 0 Å². The van der Waals surface area contributed by atoms with Crippen LogP contribution < -0.4 is 10.1 Å². The highest BCUT2D eigenvalue weighted by atomic mass is 16.5. The third kappa shape index (κ3) is 3.91. The summed E-state index contributed by atoms with van der Waals surface area (Å²) in [6.45, 7) is 5.58. The molecule has 0 bridgehead atoms. The van der Waals surface area contributed by atoms with Gasteiger partial charge in [-0.3, -0.25) is 0 Å². The second-order valence-electron chi connectivity index (χ2n) is 4.41. The molecule has 5 heteroatoms. The van der Waals surface area contributed by atoms with Gasteiger partial charge in [-0.2, -0.15) is 15.0 Å². The highest BCUT2D eigenvalue weighted by molar-refractivity contribution is 5.56. The van der Waals surface area contributed by atoms with Crippen molar-refractivity contribution >= 4 is 5.95 Å². The SMILES string of the molecule is CCCNc1nc(OCCC)nc(-c2ccccc2)n1. The van der Waals surface area contributed by atoms with E-state index < -0.39 is 0 Å². The van der Waals surface area contributed by atoms with E-state index in [0.29, 0.717) is 24.4 Å². The Morgan fingerprint density at radius 1 is 1.00 bits per heavy atom. The normalized spacial score (nSPS) is 10.3. The zero-order valence-electron chi connectivity index (χ0n) is 12.0. The lowest BCUT2D eigenvalue weighted by molar-refractivity contribution is 0.292. The molecule has 0 atom stereocenters. The minimum atomic E-state index is 0.374. The highest BCUT2D eigenvalue weighted by Crippen LogP contribution is 2.18. The van der Waals surface area contributed by atoms with Gasteiger partial charge in [0.05, 0.1) is 6.61 Å². The van der Waals surface area contributed by atoms with Gasteiger partial charge in [0.1, 0.15) is 0 Å². The van der Waals surface area contributed by atoms with E-state index in [-0.39, 0.29) is 0 Å². The first-order valence-electron chi connectivity index (χ1n) is 7.01. The summed E-state index contributed by atoms with van der Waals surface area (Å²) in [4.78, 5) is 13.1. The first-order valence-corrected chi connectivity index (χ1v) is 7.01. The molecule has 0 unspecified atom stereocenters. The Morgan fingerprint density at radius 3 is 2.50 bits per heavy atom. The van der Waals surface area contributed by atoms with Crippen molar-refractivity contribution in [3.05, 3.63) is 30.3 Å². The molecule has 5 nitrogen and oxygen atoms in total. The van der Waals surface area contributed by atoms with Gasteiger partial charge in [0.2, 0.25) is 5.95 Å². The van der Waals surface area contributed by atoms with Crippen LogP contribution in [0.4, 0.5) is 5.95 Å². The number of hydrogen-bond donors (Lipinski definition) is 1. The van der Waals surface area contributed by atoms with Crippen molar-refractivity contribution in [3.63, 3.8) is 0 Å². The van der Waals surface area contributed by atoms with Crippen LogP contribution in [0.25, 0.3) is 11.4 Å². The topological polar surface area (TPSA) is 59.9 Å². The summed E-state index contributed by atoms with van der Waals surface area (Å²) in [7, 11) is 0. The molecule has 1 aromatic heterocycles. The van der Waals surface area contributed by atoms with Gasteiger partial charge < -0.3 is 10.1 Å². The van der Waals surface area contributed by atoms with Crippen LogP contribution in [-0.2, 0) is 0 Å². The Kier molecular flexibility index (Phi) is 5.29. The van der Waals surface area contributed by atoms with Gasteiger partial charge >= 0.3 is 6.01 Å². The van der Waals surface area contributed by atoms with E-state index in [2.05, 4.69) is 34.1 Å². The van der Waals surface area contributed by atoms with Crippen LogP contribution in [0.1, 0.15) is 26.7 Å². The van der Waals surface area contributed by atoms with Crippen molar-refractivity contribution in [1.82, 2.24) is 15.0 Å². The van der Waals surface area contributed by atoms with E-state index in [0.717, 1.165) is 24.9 Å². The molecule has 0 fully saturated rings. The van der Waals surface area contributed by atoms with Crippen molar-refractivity contribution in [3.8, 4) is 17.4 Å². The van der Waals surface area contributed by atoms with Gasteiger partial charge in [-0.15, -0.1) is 0 Å². The number of benzene rings is 1. The molecule has 1 heterocycles. The molecule has 20 heavy (non-hydrogen) atoms. The summed E-state index contributed by atoms with van der Waals surface area (Å²) < 4.78 is 5.54. The Balaban J connectivity index is 2.29. The maximum Gasteiger partial charge on any atom is 0.321 e. The van der Waals surface area contributed by atoms with Gasteiger partial charge in [0.25, 0.3) is 0 Å². The number of nitrogens with one attached hydrogen (secondary N) is 1. The van der Waals surface area contributed by atoms with E-state index in [9.17, 15) is 0 Å². The summed E-state index contributed by atoms with van der Waals surface area (Å²) in [6, 6.07) is 10.2. The average molecular weight is 272 g/mol. The van der Waals surface area contributed by atoms with Crippen LogP contribution in [-0.4, -0.2) is 28.1 Å². The Hall–Kier alpha value is -2.17. The summed E-state index contributed by atoms with van der Waals surface area (Å²) >= 11 is 0. The molecule has 106 valence electrons. The standard InChI is InChI=1S/C15H20N4O/c1-3-10-16-14-17-13(12-8-6-5-7-9-12)18-15(19-14)20-11-4-2/h5-9H,3-4,10-11H2,1-2H3,(H,16,17,18,19). The molecule has 1 N–H and O–H groups in total. The second-order valence-corrected chi connectivity index (χ2v) is 4.41. The third-order valence-electron chi connectivity index (χ3n) is 2.62. The van der Waals surface area contributed by atoms with E-state index in [1.165, 1.54) is 0 Å². The molecule has 0 amide bonds. The van der Waals surface area contributed by atoms with E-state index in [4.69, 9.17) is 4.74 Å². The fraction of sp³-hybridized carbons (Fsp3) is 0.400. The first-order chi connectivity index (χ1) is 9.83. The molecule has 0 saturated heterocycles. The number of nitrogens with zero attached hydrogens (tertiary/aromatic N) is 3. The van der Waals surface area contributed by atoms with Crippen molar-refractivity contribution in [1.29, 1.82) is 0 Å². The summed E-state index contributed by atoms with van der Waals surface area (Å²) in [5, 5.41) is 3.18. The van der Waals surface area contributed by atoms with Crippen molar-refractivity contribution in [2.45, 2.75) is 26.7 Å². The van der Waals surface area contributed by atoms with Gasteiger partial charge in [-0.05, 0) is 12.8 Å². The molecular formula is C15H20N4O. The van der Waals surface area contributed by atoms with Crippen LogP contribution >= 0.6 is 0 Å². The molecule has 2 aromatic rings. The molecular weight excluding hydrogens is 252 g/mol. The Bertz CT molecular complexity index is 504. The largest absolute Gasteiger partial charge is 0.463 e.